The Morgan fingerprint density at radius 1 is 1.22 bits per heavy atom. The lowest BCUT2D eigenvalue weighted by molar-refractivity contribution is -0.137. The highest BCUT2D eigenvalue weighted by Gasteiger charge is 2.33. The summed E-state index contributed by atoms with van der Waals surface area (Å²) in [6.07, 6.45) is -3.52. The van der Waals surface area contributed by atoms with Gasteiger partial charge in [0.25, 0.3) is 0 Å². The molecule has 2 aromatic rings. The van der Waals surface area contributed by atoms with Crippen LogP contribution in [0, 0.1) is 6.92 Å². The zero-order valence-electron chi connectivity index (χ0n) is 15.0. The van der Waals surface area contributed by atoms with Crippen LogP contribution in [0.3, 0.4) is 0 Å². The third kappa shape index (κ3) is 5.47. The lowest BCUT2D eigenvalue weighted by Gasteiger charge is -2.12. The molecule has 2 rings (SSSR count). The van der Waals surface area contributed by atoms with E-state index in [9.17, 15) is 13.2 Å². The Bertz CT molecular complexity index is 865. The molecule has 0 aliphatic carbocycles. The van der Waals surface area contributed by atoms with Gasteiger partial charge in [0, 0.05) is 21.7 Å². The van der Waals surface area contributed by atoms with Gasteiger partial charge in [-0.3, -0.25) is 0 Å². The molecule has 0 aromatic heterocycles. The highest BCUT2D eigenvalue weighted by molar-refractivity contribution is 6.30. The molecule has 0 fully saturated rings. The summed E-state index contributed by atoms with van der Waals surface area (Å²) in [4.78, 5) is 10.0. The lowest BCUT2D eigenvalue weighted by Crippen LogP contribution is -2.09. The summed E-state index contributed by atoms with van der Waals surface area (Å²) in [5, 5.41) is 7.59. The fraction of sp³-hybridized carbons (Fsp3) is 0.263. The largest absolute Gasteiger partial charge is 0.417 e. The molecule has 0 radical (unpaired) electrons. The van der Waals surface area contributed by atoms with Crippen molar-refractivity contribution < 1.29 is 22.8 Å². The van der Waals surface area contributed by atoms with Crippen LogP contribution < -0.4 is 0 Å². The van der Waals surface area contributed by atoms with Crippen molar-refractivity contribution in [2.75, 3.05) is 7.11 Å². The third-order valence-electron chi connectivity index (χ3n) is 3.82. The minimum atomic E-state index is -4.54. The van der Waals surface area contributed by atoms with Gasteiger partial charge >= 0.3 is 6.18 Å². The van der Waals surface area contributed by atoms with E-state index < -0.39 is 11.7 Å². The van der Waals surface area contributed by atoms with Crippen LogP contribution in [0.2, 0.25) is 5.02 Å². The monoisotopic (exact) mass is 398 g/mol. The molecule has 0 amide bonds. The molecule has 0 aliphatic rings. The van der Waals surface area contributed by atoms with Crippen molar-refractivity contribution in [1.29, 1.82) is 0 Å². The Morgan fingerprint density at radius 3 is 2.63 bits per heavy atom. The van der Waals surface area contributed by atoms with E-state index in [0.29, 0.717) is 5.71 Å². The highest BCUT2D eigenvalue weighted by Crippen LogP contribution is 2.33. The normalized spacial score (nSPS) is 12.5. The molecule has 0 saturated heterocycles. The van der Waals surface area contributed by atoms with E-state index in [2.05, 4.69) is 10.3 Å². The number of rotatable bonds is 6. The first-order valence-electron chi connectivity index (χ1n) is 7.92. The fourth-order valence-corrected chi connectivity index (χ4v) is 2.67. The number of alkyl halides is 3. The molecule has 0 unspecified atom stereocenters. The van der Waals surface area contributed by atoms with Crippen LogP contribution in [0.5, 0.6) is 0 Å². The summed E-state index contributed by atoms with van der Waals surface area (Å²) in [5.41, 5.74) is 2.22. The van der Waals surface area contributed by atoms with Gasteiger partial charge in [-0.25, -0.2) is 0 Å². The molecule has 0 N–H and O–H groups in total. The molecular weight excluding hydrogens is 381 g/mol. The second-order valence-corrected chi connectivity index (χ2v) is 6.13. The number of aryl methyl sites for hydroxylation is 1. The van der Waals surface area contributed by atoms with Gasteiger partial charge in [-0.15, -0.1) is 0 Å². The van der Waals surface area contributed by atoms with E-state index in [0.717, 1.165) is 29.0 Å². The van der Waals surface area contributed by atoms with Crippen LogP contribution in [0.15, 0.2) is 46.7 Å². The summed E-state index contributed by atoms with van der Waals surface area (Å²) >= 11 is 5.66. The van der Waals surface area contributed by atoms with Crippen molar-refractivity contribution in [3.05, 3.63) is 69.2 Å². The Labute approximate surface area is 160 Å². The molecule has 0 atom stereocenters. The number of nitrogens with zero attached hydrogens (tertiary/aromatic N) is 2. The second-order valence-electron chi connectivity index (χ2n) is 5.70. The molecule has 8 heteroatoms. The topological polar surface area (TPSA) is 43.2 Å². The fourth-order valence-electron chi connectivity index (χ4n) is 2.50. The molecular formula is C19H18ClF3N2O2. The minimum absolute atomic E-state index is 0.00199. The van der Waals surface area contributed by atoms with Crippen LogP contribution in [0.25, 0.3) is 0 Å². The lowest BCUT2D eigenvalue weighted by atomic mass is 10.00. The zero-order valence-corrected chi connectivity index (χ0v) is 15.7. The number of hydrogen-bond acceptors (Lipinski definition) is 4. The SMILES string of the molecule is CO/N=C(/C)c1cccc(C)c1CO/N=C/c1ccc(Cl)cc1C(F)(F)F. The van der Waals surface area contributed by atoms with Gasteiger partial charge in [-0.2, -0.15) is 13.2 Å². The van der Waals surface area contributed by atoms with Crippen molar-refractivity contribution in [3.8, 4) is 0 Å². The van der Waals surface area contributed by atoms with E-state index in [1.807, 2.05) is 25.1 Å². The predicted octanol–water partition coefficient (Wildman–Crippen LogP) is 5.59. The van der Waals surface area contributed by atoms with Gasteiger partial charge in [-0.1, -0.05) is 46.2 Å². The first kappa shape index (κ1) is 20.8. The van der Waals surface area contributed by atoms with Crippen LogP contribution in [0.1, 0.15) is 34.7 Å². The van der Waals surface area contributed by atoms with Crippen molar-refractivity contribution in [1.82, 2.24) is 0 Å². The molecule has 0 heterocycles. The minimum Gasteiger partial charge on any atom is -0.399 e. The van der Waals surface area contributed by atoms with Gasteiger partial charge < -0.3 is 9.68 Å². The molecule has 0 spiro atoms. The number of benzene rings is 2. The summed E-state index contributed by atoms with van der Waals surface area (Å²) < 4.78 is 39.3. The van der Waals surface area contributed by atoms with Crippen LogP contribution >= 0.6 is 11.6 Å². The molecule has 4 nitrogen and oxygen atoms in total. The van der Waals surface area contributed by atoms with Gasteiger partial charge in [0.05, 0.1) is 17.5 Å². The van der Waals surface area contributed by atoms with E-state index >= 15 is 0 Å². The smallest absolute Gasteiger partial charge is 0.399 e. The first-order valence-corrected chi connectivity index (χ1v) is 8.30. The summed E-state index contributed by atoms with van der Waals surface area (Å²) in [6, 6.07) is 9.08. The van der Waals surface area contributed by atoms with E-state index in [4.69, 9.17) is 21.3 Å². The molecule has 0 aliphatic heterocycles. The average Bonchev–Trinajstić information content (AvgIpc) is 2.60. The number of halogens is 4. The van der Waals surface area contributed by atoms with E-state index in [1.165, 1.54) is 19.2 Å². The molecule has 0 bridgehead atoms. The van der Waals surface area contributed by atoms with Crippen molar-refractivity contribution >= 4 is 23.5 Å². The van der Waals surface area contributed by atoms with Gasteiger partial charge in [-0.05, 0) is 31.5 Å². The molecule has 0 saturated carbocycles. The third-order valence-corrected chi connectivity index (χ3v) is 4.06. The van der Waals surface area contributed by atoms with Crippen LogP contribution in [0.4, 0.5) is 13.2 Å². The summed E-state index contributed by atoms with van der Waals surface area (Å²) in [7, 11) is 1.45. The Morgan fingerprint density at radius 2 is 1.96 bits per heavy atom. The van der Waals surface area contributed by atoms with Crippen LogP contribution in [-0.2, 0) is 22.5 Å². The molecule has 144 valence electrons. The second kappa shape index (κ2) is 8.90. The first-order chi connectivity index (χ1) is 12.7. The predicted molar refractivity (Wildman–Crippen MR) is 99.2 cm³/mol. The maximum Gasteiger partial charge on any atom is 0.417 e. The van der Waals surface area contributed by atoms with Crippen molar-refractivity contribution in [2.45, 2.75) is 26.6 Å². The molecule has 27 heavy (non-hydrogen) atoms. The standard InChI is InChI=1S/C19H18ClF3N2O2/c1-12-5-4-6-16(13(2)25-26-3)17(12)11-27-24-10-14-7-8-15(20)9-18(14)19(21,22)23/h4-10H,11H2,1-3H3/b24-10+,25-13-. The Hall–Kier alpha value is -2.54. The quantitative estimate of drug-likeness (QED) is 0.470. The number of hydrogen-bond donors (Lipinski definition) is 0. The van der Waals surface area contributed by atoms with Crippen molar-refractivity contribution in [2.24, 2.45) is 10.3 Å². The summed E-state index contributed by atoms with van der Waals surface area (Å²) in [6.45, 7) is 3.76. The Kier molecular flexibility index (Phi) is 6.85. The van der Waals surface area contributed by atoms with E-state index in [1.54, 1.807) is 6.92 Å². The zero-order chi connectivity index (χ0) is 20.0. The number of oxime groups is 2. The van der Waals surface area contributed by atoms with Gasteiger partial charge in [0.2, 0.25) is 0 Å². The highest BCUT2D eigenvalue weighted by atomic mass is 35.5. The molecule has 2 aromatic carbocycles. The van der Waals surface area contributed by atoms with E-state index in [-0.39, 0.29) is 17.2 Å². The Balaban J connectivity index is 2.20. The summed E-state index contributed by atoms with van der Waals surface area (Å²) in [5.74, 6) is 0. The maximum absolute atomic E-state index is 13.1. The maximum atomic E-state index is 13.1. The van der Waals surface area contributed by atoms with Crippen molar-refractivity contribution in [3.63, 3.8) is 0 Å². The van der Waals surface area contributed by atoms with Gasteiger partial charge in [0.1, 0.15) is 13.7 Å². The van der Waals surface area contributed by atoms with Crippen LogP contribution in [-0.4, -0.2) is 19.0 Å². The average molecular weight is 399 g/mol. The van der Waals surface area contributed by atoms with Gasteiger partial charge in [0.15, 0.2) is 0 Å².